The molecule has 1 aliphatic heterocycles. The predicted molar refractivity (Wildman–Crippen MR) is 71.3 cm³/mol. The molecule has 1 aliphatic rings. The van der Waals surface area contributed by atoms with Crippen molar-refractivity contribution in [2.75, 3.05) is 5.75 Å². The Morgan fingerprint density at radius 3 is 2.44 bits per heavy atom. The van der Waals surface area contributed by atoms with Crippen LogP contribution in [0.1, 0.15) is 5.56 Å². The molecular weight excluding hydrogens is 270 g/mol. The van der Waals surface area contributed by atoms with Crippen LogP contribution in [0.5, 0.6) is 0 Å². The van der Waals surface area contributed by atoms with Gasteiger partial charge in [0, 0.05) is 10.6 Å². The average Bonchev–Trinajstić information content (AvgIpc) is 2.40. The summed E-state index contributed by atoms with van der Waals surface area (Å²) in [4.78, 5) is 0.925. The largest absolute Gasteiger partial charge is 0.389 e. The highest BCUT2D eigenvalue weighted by atomic mass is 32.2. The van der Waals surface area contributed by atoms with Crippen molar-refractivity contribution >= 4 is 23.5 Å². The fourth-order valence-electron chi connectivity index (χ4n) is 1.63. The Labute approximate surface area is 114 Å². The zero-order valence-electron chi connectivity index (χ0n) is 9.43. The van der Waals surface area contributed by atoms with Crippen molar-refractivity contribution in [2.45, 2.75) is 27.8 Å². The Bertz CT molecular complexity index is 446. The lowest BCUT2D eigenvalue weighted by atomic mass is 10.1. The van der Waals surface area contributed by atoms with E-state index in [2.05, 4.69) is 0 Å². The van der Waals surface area contributed by atoms with Gasteiger partial charge < -0.3 is 15.3 Å². The first-order valence-electron chi connectivity index (χ1n) is 5.44. The topological polar surface area (TPSA) is 84.5 Å². The smallest absolute Gasteiger partial charge is 0.108 e. The van der Waals surface area contributed by atoms with Gasteiger partial charge in [0.15, 0.2) is 0 Å². The summed E-state index contributed by atoms with van der Waals surface area (Å²) in [6.07, 6.45) is -2.93. The zero-order valence-corrected chi connectivity index (χ0v) is 11.1. The molecular formula is C12H13NO3S2. The van der Waals surface area contributed by atoms with Gasteiger partial charge in [-0.25, -0.2) is 0 Å². The number of aliphatic hydroxyl groups is 3. The third kappa shape index (κ3) is 2.99. The minimum atomic E-state index is -1.10. The zero-order chi connectivity index (χ0) is 13.1. The van der Waals surface area contributed by atoms with Crippen molar-refractivity contribution in [3.05, 3.63) is 29.8 Å². The third-order valence-electron chi connectivity index (χ3n) is 2.69. The number of rotatable bonds is 2. The van der Waals surface area contributed by atoms with Crippen molar-refractivity contribution in [2.24, 2.45) is 0 Å². The highest BCUT2D eigenvalue weighted by Crippen LogP contribution is 2.38. The molecule has 4 atom stereocenters. The van der Waals surface area contributed by atoms with E-state index in [9.17, 15) is 15.3 Å². The Balaban J connectivity index is 2.02. The molecule has 0 saturated carbocycles. The van der Waals surface area contributed by atoms with Crippen molar-refractivity contribution in [3.8, 4) is 6.07 Å². The second kappa shape index (κ2) is 5.95. The Kier molecular flexibility index (Phi) is 4.54. The van der Waals surface area contributed by atoms with Crippen LogP contribution in [-0.4, -0.2) is 44.0 Å². The van der Waals surface area contributed by atoms with E-state index in [0.717, 1.165) is 4.90 Å². The Morgan fingerprint density at radius 1 is 1.17 bits per heavy atom. The van der Waals surface area contributed by atoms with E-state index in [4.69, 9.17) is 5.26 Å². The summed E-state index contributed by atoms with van der Waals surface area (Å²) in [5.74, 6) is 0.409. The summed E-state index contributed by atoms with van der Waals surface area (Å²) in [6, 6.07) is 9.10. The second-order valence-electron chi connectivity index (χ2n) is 4.00. The molecule has 2 rings (SSSR count). The summed E-state index contributed by atoms with van der Waals surface area (Å²) in [6.45, 7) is 0. The molecule has 18 heavy (non-hydrogen) atoms. The van der Waals surface area contributed by atoms with E-state index in [-0.39, 0.29) is 4.58 Å². The number of nitriles is 1. The van der Waals surface area contributed by atoms with Gasteiger partial charge in [-0.15, -0.1) is 23.5 Å². The number of benzene rings is 1. The van der Waals surface area contributed by atoms with Crippen molar-refractivity contribution in [1.29, 1.82) is 5.26 Å². The summed E-state index contributed by atoms with van der Waals surface area (Å²) < 4.78 is -0.212. The van der Waals surface area contributed by atoms with Gasteiger partial charge in [0.25, 0.3) is 0 Å². The van der Waals surface area contributed by atoms with Crippen LogP contribution >= 0.6 is 23.5 Å². The van der Waals surface area contributed by atoms with Crippen LogP contribution in [0.4, 0.5) is 0 Å². The second-order valence-corrected chi connectivity index (χ2v) is 6.69. The molecule has 6 heteroatoms. The molecule has 1 unspecified atom stereocenters. The highest BCUT2D eigenvalue weighted by molar-refractivity contribution is 8.17. The third-order valence-corrected chi connectivity index (χ3v) is 5.58. The molecule has 1 aromatic carbocycles. The minimum absolute atomic E-state index is 0.212. The molecule has 0 spiro atoms. The van der Waals surface area contributed by atoms with E-state index < -0.39 is 18.3 Å². The first-order valence-corrected chi connectivity index (χ1v) is 7.37. The summed E-state index contributed by atoms with van der Waals surface area (Å²) >= 11 is 2.86. The number of nitrogens with zero attached hydrogens (tertiary/aromatic N) is 1. The van der Waals surface area contributed by atoms with Gasteiger partial charge in [-0.3, -0.25) is 0 Å². The Morgan fingerprint density at radius 2 is 1.83 bits per heavy atom. The number of thioether (sulfide) groups is 2. The first kappa shape index (κ1) is 13.7. The maximum atomic E-state index is 9.87. The SMILES string of the molecule is N#Cc1ccc(SC2SC[C@H](O)[C@@H](O)[C@H]2O)cc1. The van der Waals surface area contributed by atoms with Crippen molar-refractivity contribution in [3.63, 3.8) is 0 Å². The van der Waals surface area contributed by atoms with E-state index in [1.165, 1.54) is 23.5 Å². The van der Waals surface area contributed by atoms with E-state index in [1.54, 1.807) is 12.1 Å². The lowest BCUT2D eigenvalue weighted by molar-refractivity contribution is -0.0474. The van der Waals surface area contributed by atoms with Crippen LogP contribution in [0, 0.1) is 11.3 Å². The van der Waals surface area contributed by atoms with E-state index >= 15 is 0 Å². The fourth-order valence-corrected chi connectivity index (χ4v) is 4.27. The molecule has 0 bridgehead atoms. The van der Waals surface area contributed by atoms with Gasteiger partial charge in [0.2, 0.25) is 0 Å². The number of hydrogen-bond donors (Lipinski definition) is 3. The first-order chi connectivity index (χ1) is 8.61. The fraction of sp³-hybridized carbons (Fsp3) is 0.417. The molecule has 0 aromatic heterocycles. The van der Waals surface area contributed by atoms with Crippen LogP contribution in [0.25, 0.3) is 0 Å². The molecule has 3 N–H and O–H groups in total. The van der Waals surface area contributed by atoms with Gasteiger partial charge in [-0.1, -0.05) is 0 Å². The average molecular weight is 283 g/mol. The summed E-state index contributed by atoms with van der Waals surface area (Å²) in [5.41, 5.74) is 0.589. The molecule has 0 radical (unpaired) electrons. The molecule has 1 heterocycles. The van der Waals surface area contributed by atoms with Crippen LogP contribution < -0.4 is 0 Å². The van der Waals surface area contributed by atoms with Gasteiger partial charge in [0.1, 0.15) is 12.2 Å². The van der Waals surface area contributed by atoms with Crippen LogP contribution in [0.2, 0.25) is 0 Å². The minimum Gasteiger partial charge on any atom is -0.389 e. The van der Waals surface area contributed by atoms with E-state index in [0.29, 0.717) is 11.3 Å². The van der Waals surface area contributed by atoms with Crippen LogP contribution in [0.15, 0.2) is 29.2 Å². The summed E-state index contributed by atoms with van der Waals surface area (Å²) in [5, 5.41) is 37.6. The van der Waals surface area contributed by atoms with Crippen molar-refractivity contribution in [1.82, 2.24) is 0 Å². The lowest BCUT2D eigenvalue weighted by Crippen LogP contribution is -2.47. The maximum absolute atomic E-state index is 9.87. The molecule has 0 amide bonds. The molecule has 0 aliphatic carbocycles. The standard InChI is InChI=1S/C12H13NO3S2/c13-5-7-1-3-8(4-2-7)18-12-11(16)10(15)9(14)6-17-12/h1-4,9-12,14-16H,6H2/t9-,10+,11+,12?/m0/s1. The highest BCUT2D eigenvalue weighted by Gasteiger charge is 2.37. The van der Waals surface area contributed by atoms with Gasteiger partial charge >= 0.3 is 0 Å². The lowest BCUT2D eigenvalue weighted by Gasteiger charge is -2.34. The number of hydrogen-bond acceptors (Lipinski definition) is 6. The van der Waals surface area contributed by atoms with Gasteiger partial charge in [-0.2, -0.15) is 5.26 Å². The van der Waals surface area contributed by atoms with Gasteiger partial charge in [-0.05, 0) is 24.3 Å². The molecule has 1 saturated heterocycles. The molecule has 1 fully saturated rings. The molecule has 96 valence electrons. The normalized spacial score (nSPS) is 31.9. The van der Waals surface area contributed by atoms with Crippen LogP contribution in [0.3, 0.4) is 0 Å². The quantitative estimate of drug-likeness (QED) is 0.745. The van der Waals surface area contributed by atoms with E-state index in [1.807, 2.05) is 18.2 Å². The maximum Gasteiger partial charge on any atom is 0.108 e. The Hall–Kier alpha value is -0.710. The predicted octanol–water partition coefficient (Wildman–Crippen LogP) is 0.806. The van der Waals surface area contributed by atoms with Gasteiger partial charge in [0.05, 0.1) is 22.3 Å². The molecule has 1 aromatic rings. The number of aliphatic hydroxyl groups excluding tert-OH is 3. The van der Waals surface area contributed by atoms with Crippen LogP contribution in [-0.2, 0) is 0 Å². The summed E-state index contributed by atoms with van der Waals surface area (Å²) in [7, 11) is 0. The van der Waals surface area contributed by atoms with Crippen molar-refractivity contribution < 1.29 is 15.3 Å². The molecule has 4 nitrogen and oxygen atoms in total. The monoisotopic (exact) mass is 283 g/mol.